The van der Waals surface area contributed by atoms with Crippen LogP contribution in [0.3, 0.4) is 0 Å². The third kappa shape index (κ3) is 3.75. The summed E-state index contributed by atoms with van der Waals surface area (Å²) in [5.74, 6) is -0.833. The topological polar surface area (TPSA) is 67.5 Å². The van der Waals surface area contributed by atoms with E-state index >= 15 is 0 Å². The average Bonchev–Trinajstić information content (AvgIpc) is 2.27. The summed E-state index contributed by atoms with van der Waals surface area (Å²) in [6, 6.07) is 9.42. The monoisotopic (exact) mass is 234 g/mol. The minimum Gasteiger partial charge on any atom is -0.481 e. The molecule has 0 fully saturated rings. The van der Waals surface area contributed by atoms with Crippen LogP contribution in [0, 0.1) is 0 Å². The van der Waals surface area contributed by atoms with Crippen LogP contribution in [0.1, 0.15) is 19.4 Å². The summed E-state index contributed by atoms with van der Waals surface area (Å²) in [4.78, 5) is 20.3. The van der Waals surface area contributed by atoms with Gasteiger partial charge in [-0.25, -0.2) is 4.79 Å². The van der Waals surface area contributed by atoms with Crippen molar-refractivity contribution in [3.8, 4) is 0 Å². The molecule has 90 valence electrons. The van der Waals surface area contributed by atoms with Crippen molar-refractivity contribution >= 4 is 16.9 Å². The van der Waals surface area contributed by atoms with E-state index in [4.69, 9.17) is 14.3 Å². The number of rotatable bonds is 1. The van der Waals surface area contributed by atoms with Crippen molar-refractivity contribution in [3.63, 3.8) is 0 Å². The van der Waals surface area contributed by atoms with Gasteiger partial charge in [-0.1, -0.05) is 25.1 Å². The summed E-state index contributed by atoms with van der Waals surface area (Å²) in [5, 5.41) is 8.40. The van der Waals surface area contributed by atoms with Crippen LogP contribution in [0.15, 0.2) is 39.5 Å². The lowest BCUT2D eigenvalue weighted by Gasteiger charge is -1.97. The standard InChI is InChI=1S/C11H10O2.C2H4O2/c1-2-8-7-9-5-3-4-6-10(9)13-11(8)12;1-2(3)4/h3-7H,2H2,1H3;1H3,(H,3,4). The first-order valence-electron chi connectivity index (χ1n) is 5.26. The molecule has 0 aliphatic rings. The lowest BCUT2D eigenvalue weighted by molar-refractivity contribution is -0.134. The van der Waals surface area contributed by atoms with E-state index in [-0.39, 0.29) is 5.63 Å². The van der Waals surface area contributed by atoms with Gasteiger partial charge in [0.05, 0.1) is 0 Å². The molecule has 4 nitrogen and oxygen atoms in total. The van der Waals surface area contributed by atoms with E-state index in [9.17, 15) is 4.79 Å². The molecule has 0 unspecified atom stereocenters. The fourth-order valence-corrected chi connectivity index (χ4v) is 1.35. The van der Waals surface area contributed by atoms with Crippen molar-refractivity contribution in [3.05, 3.63) is 46.3 Å². The molecule has 0 saturated heterocycles. The highest BCUT2D eigenvalue weighted by molar-refractivity contribution is 5.76. The minimum atomic E-state index is -0.833. The number of hydrogen-bond acceptors (Lipinski definition) is 3. The van der Waals surface area contributed by atoms with Crippen LogP contribution in [0.25, 0.3) is 11.0 Å². The molecule has 0 atom stereocenters. The lowest BCUT2D eigenvalue weighted by atomic mass is 10.1. The largest absolute Gasteiger partial charge is 0.481 e. The smallest absolute Gasteiger partial charge is 0.339 e. The third-order valence-corrected chi connectivity index (χ3v) is 2.09. The molecule has 1 aromatic heterocycles. The Morgan fingerprint density at radius 1 is 1.35 bits per heavy atom. The molecule has 4 heteroatoms. The van der Waals surface area contributed by atoms with Crippen molar-refractivity contribution in [1.82, 2.24) is 0 Å². The number of benzene rings is 1. The Bertz CT molecular complexity index is 565. The average molecular weight is 234 g/mol. The van der Waals surface area contributed by atoms with Crippen LogP contribution >= 0.6 is 0 Å². The predicted octanol–water partition coefficient (Wildman–Crippen LogP) is 2.45. The maximum atomic E-state index is 11.3. The van der Waals surface area contributed by atoms with E-state index in [2.05, 4.69) is 0 Å². The Morgan fingerprint density at radius 3 is 2.53 bits per heavy atom. The molecule has 0 bridgehead atoms. The van der Waals surface area contributed by atoms with Crippen LogP contribution < -0.4 is 5.63 Å². The summed E-state index contributed by atoms with van der Waals surface area (Å²) in [6.07, 6.45) is 0.715. The van der Waals surface area contributed by atoms with Crippen LogP contribution in [0.5, 0.6) is 0 Å². The van der Waals surface area contributed by atoms with Crippen molar-refractivity contribution in [1.29, 1.82) is 0 Å². The lowest BCUT2D eigenvalue weighted by Crippen LogP contribution is -2.05. The van der Waals surface area contributed by atoms with E-state index in [1.165, 1.54) is 0 Å². The molecule has 2 aromatic rings. The Hall–Kier alpha value is -2.10. The summed E-state index contributed by atoms with van der Waals surface area (Å²) >= 11 is 0. The van der Waals surface area contributed by atoms with E-state index in [0.29, 0.717) is 12.0 Å². The number of para-hydroxylation sites is 1. The maximum Gasteiger partial charge on any atom is 0.339 e. The summed E-state index contributed by atoms with van der Waals surface area (Å²) in [7, 11) is 0. The number of fused-ring (bicyclic) bond motifs is 1. The van der Waals surface area contributed by atoms with Gasteiger partial charge in [-0.2, -0.15) is 0 Å². The van der Waals surface area contributed by atoms with Crippen LogP contribution in [-0.4, -0.2) is 11.1 Å². The second kappa shape index (κ2) is 5.84. The Balaban J connectivity index is 0.000000317. The molecule has 2 rings (SSSR count). The second-order valence-electron chi connectivity index (χ2n) is 3.47. The zero-order valence-corrected chi connectivity index (χ0v) is 9.77. The van der Waals surface area contributed by atoms with E-state index < -0.39 is 5.97 Å². The molecule has 0 aliphatic carbocycles. The number of carboxylic acid groups (broad SMARTS) is 1. The molecule has 0 radical (unpaired) electrons. The first kappa shape index (κ1) is 13.0. The van der Waals surface area contributed by atoms with Crippen molar-refractivity contribution in [2.45, 2.75) is 20.3 Å². The number of aryl methyl sites for hydroxylation is 1. The van der Waals surface area contributed by atoms with Crippen molar-refractivity contribution < 1.29 is 14.3 Å². The van der Waals surface area contributed by atoms with Gasteiger partial charge in [0.1, 0.15) is 5.58 Å². The van der Waals surface area contributed by atoms with Gasteiger partial charge < -0.3 is 9.52 Å². The van der Waals surface area contributed by atoms with Crippen LogP contribution in [-0.2, 0) is 11.2 Å². The fraction of sp³-hybridized carbons (Fsp3) is 0.231. The Kier molecular flexibility index (Phi) is 4.46. The quantitative estimate of drug-likeness (QED) is 0.769. The molecular weight excluding hydrogens is 220 g/mol. The maximum absolute atomic E-state index is 11.3. The highest BCUT2D eigenvalue weighted by Crippen LogP contribution is 2.12. The van der Waals surface area contributed by atoms with Crippen molar-refractivity contribution in [2.75, 3.05) is 0 Å². The molecule has 1 aromatic carbocycles. The van der Waals surface area contributed by atoms with Gasteiger partial charge in [-0.05, 0) is 18.6 Å². The Morgan fingerprint density at radius 2 is 1.94 bits per heavy atom. The minimum absolute atomic E-state index is 0.221. The molecule has 1 N–H and O–H groups in total. The number of hydrogen-bond donors (Lipinski definition) is 1. The van der Waals surface area contributed by atoms with Crippen molar-refractivity contribution in [2.24, 2.45) is 0 Å². The van der Waals surface area contributed by atoms with Gasteiger partial charge in [0, 0.05) is 17.9 Å². The normalized spacial score (nSPS) is 9.53. The second-order valence-corrected chi connectivity index (χ2v) is 3.47. The zero-order chi connectivity index (χ0) is 12.8. The zero-order valence-electron chi connectivity index (χ0n) is 9.77. The van der Waals surface area contributed by atoms with Crippen LogP contribution in [0.4, 0.5) is 0 Å². The summed E-state index contributed by atoms with van der Waals surface area (Å²) in [5.41, 5.74) is 1.17. The first-order chi connectivity index (χ1) is 8.04. The van der Waals surface area contributed by atoms with E-state index in [1.54, 1.807) is 6.07 Å². The molecule has 0 aliphatic heterocycles. The van der Waals surface area contributed by atoms with E-state index in [0.717, 1.165) is 17.9 Å². The molecule has 0 saturated carbocycles. The SMILES string of the molecule is CC(=O)O.CCc1cc2ccccc2oc1=O. The summed E-state index contributed by atoms with van der Waals surface area (Å²) < 4.78 is 5.13. The first-order valence-corrected chi connectivity index (χ1v) is 5.26. The molecular formula is C13H14O4. The molecule has 0 spiro atoms. The van der Waals surface area contributed by atoms with E-state index in [1.807, 2.05) is 31.2 Å². The number of carboxylic acids is 1. The van der Waals surface area contributed by atoms with Gasteiger partial charge in [0.15, 0.2) is 0 Å². The molecule has 17 heavy (non-hydrogen) atoms. The fourth-order valence-electron chi connectivity index (χ4n) is 1.35. The van der Waals surface area contributed by atoms with Gasteiger partial charge in [-0.3, -0.25) is 4.79 Å². The predicted molar refractivity (Wildman–Crippen MR) is 65.2 cm³/mol. The third-order valence-electron chi connectivity index (χ3n) is 2.09. The molecule has 0 amide bonds. The Labute approximate surface area is 98.5 Å². The van der Waals surface area contributed by atoms with Gasteiger partial charge >= 0.3 is 5.63 Å². The van der Waals surface area contributed by atoms with Gasteiger partial charge in [-0.15, -0.1) is 0 Å². The van der Waals surface area contributed by atoms with Gasteiger partial charge in [0.2, 0.25) is 0 Å². The van der Waals surface area contributed by atoms with Gasteiger partial charge in [0.25, 0.3) is 5.97 Å². The highest BCUT2D eigenvalue weighted by Gasteiger charge is 2.01. The highest BCUT2D eigenvalue weighted by atomic mass is 16.4. The molecule has 1 heterocycles. The summed E-state index contributed by atoms with van der Waals surface area (Å²) in [6.45, 7) is 3.03. The number of aliphatic carboxylic acids is 1. The van der Waals surface area contributed by atoms with Crippen LogP contribution in [0.2, 0.25) is 0 Å². The number of carbonyl (C=O) groups is 1.